The second-order valence-corrected chi connectivity index (χ2v) is 5.84. The molecule has 0 radical (unpaired) electrons. The predicted molar refractivity (Wildman–Crippen MR) is 89.4 cm³/mol. The Balaban J connectivity index is 1.75. The Morgan fingerprint density at radius 1 is 1.20 bits per heavy atom. The van der Waals surface area contributed by atoms with Crippen molar-refractivity contribution < 1.29 is 18.4 Å². The molecule has 0 fully saturated rings. The maximum atomic E-state index is 13.7. The molecule has 0 amide bonds. The molecule has 3 aromatic rings. The van der Waals surface area contributed by atoms with E-state index in [-0.39, 0.29) is 17.5 Å². The van der Waals surface area contributed by atoms with Gasteiger partial charge in [0.15, 0.2) is 6.10 Å². The Morgan fingerprint density at radius 3 is 2.72 bits per heavy atom. The molecule has 0 aliphatic carbocycles. The van der Waals surface area contributed by atoms with Crippen LogP contribution in [0.5, 0.6) is 0 Å². The summed E-state index contributed by atoms with van der Waals surface area (Å²) in [5.74, 6) is -0.426. The molecule has 0 N–H and O–H groups in total. The van der Waals surface area contributed by atoms with E-state index in [9.17, 15) is 9.18 Å². The standard InChI is InChI=1S/C19H17FN2O3/c1-11-5-4-6-15(9-11)19(23)24-13(3)18-21-17(22-25-18)14-8-7-12(2)16(20)10-14/h4-10,13H,1-3H3. The van der Waals surface area contributed by atoms with Crippen molar-refractivity contribution in [2.45, 2.75) is 26.9 Å². The van der Waals surface area contributed by atoms with Gasteiger partial charge in [-0.15, -0.1) is 0 Å². The Bertz CT molecular complexity index is 921. The van der Waals surface area contributed by atoms with Crippen LogP contribution in [0.1, 0.15) is 40.4 Å². The van der Waals surface area contributed by atoms with E-state index in [0.29, 0.717) is 16.7 Å². The predicted octanol–water partition coefficient (Wildman–Crippen LogP) is 4.41. The number of ether oxygens (including phenoxy) is 1. The number of aryl methyl sites for hydroxylation is 2. The average molecular weight is 340 g/mol. The van der Waals surface area contributed by atoms with E-state index in [1.54, 1.807) is 44.2 Å². The van der Waals surface area contributed by atoms with Gasteiger partial charge in [0, 0.05) is 5.56 Å². The monoisotopic (exact) mass is 340 g/mol. The lowest BCUT2D eigenvalue weighted by Crippen LogP contribution is -2.09. The van der Waals surface area contributed by atoms with E-state index < -0.39 is 12.1 Å². The normalized spacial score (nSPS) is 12.0. The summed E-state index contributed by atoms with van der Waals surface area (Å²) >= 11 is 0. The summed E-state index contributed by atoms with van der Waals surface area (Å²) in [6, 6.07) is 11.8. The van der Waals surface area contributed by atoms with Crippen molar-refractivity contribution in [1.29, 1.82) is 0 Å². The second kappa shape index (κ2) is 6.84. The van der Waals surface area contributed by atoms with Gasteiger partial charge >= 0.3 is 5.97 Å². The zero-order valence-electron chi connectivity index (χ0n) is 14.1. The molecule has 1 unspecified atom stereocenters. The van der Waals surface area contributed by atoms with E-state index in [1.807, 2.05) is 13.0 Å². The first-order valence-electron chi connectivity index (χ1n) is 7.82. The van der Waals surface area contributed by atoms with Crippen molar-refractivity contribution in [2.75, 3.05) is 0 Å². The summed E-state index contributed by atoms with van der Waals surface area (Å²) in [4.78, 5) is 16.4. The van der Waals surface area contributed by atoms with Crippen LogP contribution >= 0.6 is 0 Å². The Labute approximate surface area is 144 Å². The molecule has 0 saturated heterocycles. The maximum absolute atomic E-state index is 13.7. The van der Waals surface area contributed by atoms with Crippen molar-refractivity contribution in [3.8, 4) is 11.4 Å². The molecule has 6 heteroatoms. The van der Waals surface area contributed by atoms with Crippen molar-refractivity contribution in [3.63, 3.8) is 0 Å². The number of nitrogens with zero attached hydrogens (tertiary/aromatic N) is 2. The van der Waals surface area contributed by atoms with Gasteiger partial charge in [0.1, 0.15) is 5.82 Å². The first-order valence-corrected chi connectivity index (χ1v) is 7.82. The van der Waals surface area contributed by atoms with Crippen LogP contribution in [-0.4, -0.2) is 16.1 Å². The van der Waals surface area contributed by atoms with E-state index >= 15 is 0 Å². The second-order valence-electron chi connectivity index (χ2n) is 5.84. The van der Waals surface area contributed by atoms with Crippen molar-refractivity contribution in [3.05, 3.63) is 70.9 Å². The van der Waals surface area contributed by atoms with Crippen molar-refractivity contribution in [2.24, 2.45) is 0 Å². The highest BCUT2D eigenvalue weighted by atomic mass is 19.1. The molecular weight excluding hydrogens is 323 g/mol. The molecule has 1 atom stereocenters. The van der Waals surface area contributed by atoms with Gasteiger partial charge in [-0.2, -0.15) is 4.98 Å². The molecule has 0 bridgehead atoms. The van der Waals surface area contributed by atoms with Gasteiger partial charge in [0.2, 0.25) is 5.82 Å². The summed E-state index contributed by atoms with van der Waals surface area (Å²) < 4.78 is 24.2. The van der Waals surface area contributed by atoms with Gasteiger partial charge in [-0.1, -0.05) is 35.0 Å². The Hall–Kier alpha value is -3.02. The first kappa shape index (κ1) is 16.8. The van der Waals surface area contributed by atoms with Crippen LogP contribution in [0.3, 0.4) is 0 Å². The minimum atomic E-state index is -0.718. The van der Waals surface area contributed by atoms with Gasteiger partial charge in [-0.3, -0.25) is 0 Å². The van der Waals surface area contributed by atoms with Gasteiger partial charge in [0.25, 0.3) is 5.89 Å². The van der Waals surface area contributed by atoms with E-state index in [1.165, 1.54) is 6.07 Å². The molecule has 3 rings (SSSR count). The third-order valence-corrected chi connectivity index (χ3v) is 3.76. The highest BCUT2D eigenvalue weighted by Gasteiger charge is 2.20. The topological polar surface area (TPSA) is 65.2 Å². The lowest BCUT2D eigenvalue weighted by Gasteiger charge is -2.09. The number of aromatic nitrogens is 2. The third kappa shape index (κ3) is 3.74. The van der Waals surface area contributed by atoms with Gasteiger partial charge in [-0.05, 0) is 44.5 Å². The molecule has 128 valence electrons. The average Bonchev–Trinajstić information content (AvgIpc) is 3.07. The molecule has 1 aromatic heterocycles. The summed E-state index contributed by atoms with van der Waals surface area (Å²) in [6.45, 7) is 5.21. The molecule has 5 nitrogen and oxygen atoms in total. The van der Waals surface area contributed by atoms with Gasteiger partial charge in [-0.25, -0.2) is 9.18 Å². The molecule has 2 aromatic carbocycles. The molecule has 0 aliphatic rings. The van der Waals surface area contributed by atoms with Crippen molar-refractivity contribution in [1.82, 2.24) is 10.1 Å². The minimum absolute atomic E-state index is 0.150. The number of carbonyl (C=O) groups excluding carboxylic acids is 1. The molecule has 0 aliphatic heterocycles. The van der Waals surface area contributed by atoms with Gasteiger partial charge < -0.3 is 9.26 Å². The fraction of sp³-hybridized carbons (Fsp3) is 0.211. The van der Waals surface area contributed by atoms with Crippen LogP contribution in [0.25, 0.3) is 11.4 Å². The fourth-order valence-electron chi connectivity index (χ4n) is 2.30. The number of hydrogen-bond acceptors (Lipinski definition) is 5. The Morgan fingerprint density at radius 2 is 2.00 bits per heavy atom. The van der Waals surface area contributed by atoms with Gasteiger partial charge in [0.05, 0.1) is 5.56 Å². The number of rotatable bonds is 4. The third-order valence-electron chi connectivity index (χ3n) is 3.76. The number of carbonyl (C=O) groups is 1. The highest BCUT2D eigenvalue weighted by molar-refractivity contribution is 5.89. The summed E-state index contributed by atoms with van der Waals surface area (Å²) in [5.41, 5.74) is 2.44. The van der Waals surface area contributed by atoms with Crippen LogP contribution in [0.15, 0.2) is 47.0 Å². The zero-order valence-corrected chi connectivity index (χ0v) is 14.1. The molecule has 0 spiro atoms. The van der Waals surface area contributed by atoms with E-state index in [2.05, 4.69) is 10.1 Å². The summed E-state index contributed by atoms with van der Waals surface area (Å²) in [7, 11) is 0. The minimum Gasteiger partial charge on any atom is -0.449 e. The number of esters is 1. The molecule has 1 heterocycles. The number of hydrogen-bond donors (Lipinski definition) is 0. The molecular formula is C19H17FN2O3. The quantitative estimate of drug-likeness (QED) is 0.658. The Kier molecular flexibility index (Phi) is 4.61. The summed E-state index contributed by atoms with van der Waals surface area (Å²) in [5, 5.41) is 3.83. The highest BCUT2D eigenvalue weighted by Crippen LogP contribution is 2.23. The molecule has 25 heavy (non-hydrogen) atoms. The van der Waals surface area contributed by atoms with Crippen LogP contribution in [-0.2, 0) is 4.74 Å². The SMILES string of the molecule is Cc1cccc(C(=O)OC(C)c2nc(-c3ccc(C)c(F)c3)no2)c1. The number of halogens is 1. The van der Waals surface area contributed by atoms with Crippen molar-refractivity contribution >= 4 is 5.97 Å². The lowest BCUT2D eigenvalue weighted by atomic mass is 10.1. The maximum Gasteiger partial charge on any atom is 0.338 e. The van der Waals surface area contributed by atoms with Crippen LogP contribution in [0, 0.1) is 19.7 Å². The summed E-state index contributed by atoms with van der Waals surface area (Å²) in [6.07, 6.45) is -0.718. The van der Waals surface area contributed by atoms with Crippen LogP contribution in [0.2, 0.25) is 0 Å². The smallest absolute Gasteiger partial charge is 0.338 e. The van der Waals surface area contributed by atoms with E-state index in [0.717, 1.165) is 5.56 Å². The zero-order chi connectivity index (χ0) is 18.0. The fourth-order valence-corrected chi connectivity index (χ4v) is 2.30. The molecule has 0 saturated carbocycles. The lowest BCUT2D eigenvalue weighted by molar-refractivity contribution is 0.0265. The van der Waals surface area contributed by atoms with E-state index in [4.69, 9.17) is 9.26 Å². The number of benzene rings is 2. The van der Waals surface area contributed by atoms with Crippen LogP contribution in [0.4, 0.5) is 4.39 Å². The van der Waals surface area contributed by atoms with Crippen LogP contribution < -0.4 is 0 Å². The largest absolute Gasteiger partial charge is 0.449 e. The first-order chi connectivity index (χ1) is 11.9.